The maximum atomic E-state index is 13.2. The second-order valence-electron chi connectivity index (χ2n) is 7.70. The van der Waals surface area contributed by atoms with Crippen molar-refractivity contribution in [1.82, 2.24) is 4.72 Å². The van der Waals surface area contributed by atoms with Gasteiger partial charge < -0.3 is 10.1 Å². The van der Waals surface area contributed by atoms with Crippen LogP contribution in [0.25, 0.3) is 0 Å². The van der Waals surface area contributed by atoms with Gasteiger partial charge in [0.05, 0.1) is 23.4 Å². The van der Waals surface area contributed by atoms with E-state index in [0.717, 1.165) is 12.1 Å². The van der Waals surface area contributed by atoms with Crippen molar-refractivity contribution in [2.75, 3.05) is 12.4 Å². The van der Waals surface area contributed by atoms with Gasteiger partial charge in [0.2, 0.25) is 15.9 Å². The summed E-state index contributed by atoms with van der Waals surface area (Å²) in [7, 11) is -2.96. The summed E-state index contributed by atoms with van der Waals surface area (Å²) in [6, 6.07) is 14.2. The number of carbonyl (C=O) groups excluding carboxylic acids is 1. The number of nitrogens with one attached hydrogen (secondary N) is 2. The summed E-state index contributed by atoms with van der Waals surface area (Å²) in [5, 5.41) is 2.20. The molecule has 2 N–H and O–H groups in total. The van der Waals surface area contributed by atoms with Crippen molar-refractivity contribution in [3.8, 4) is 5.75 Å². The minimum atomic E-state index is -4.66. The molecule has 0 aliphatic heterocycles. The van der Waals surface area contributed by atoms with Crippen LogP contribution in [0.1, 0.15) is 16.7 Å². The Labute approximate surface area is 206 Å². The van der Waals surface area contributed by atoms with Crippen LogP contribution in [0.5, 0.6) is 5.75 Å². The van der Waals surface area contributed by atoms with E-state index in [1.807, 2.05) is 0 Å². The zero-order chi connectivity index (χ0) is 25.8. The van der Waals surface area contributed by atoms with Crippen molar-refractivity contribution in [3.63, 3.8) is 0 Å². The quantitative estimate of drug-likeness (QED) is 0.422. The summed E-state index contributed by atoms with van der Waals surface area (Å²) < 4.78 is 73.4. The van der Waals surface area contributed by atoms with Gasteiger partial charge in [0.1, 0.15) is 16.7 Å². The Kier molecular flexibility index (Phi) is 8.09. The molecule has 0 aromatic heterocycles. The van der Waals surface area contributed by atoms with Gasteiger partial charge in [0.15, 0.2) is 0 Å². The standard InChI is InChI=1S/C24H22ClF3N2O4S/c1-15-8-11-21(34-2)22(12-15)35(32,33)30-20(13-16-6-4-3-5-7-16)23(31)29-19-14-17(24(26,27)28)9-10-18(19)25/h3-12,14,20,30H,13H2,1-2H3,(H,29,31)/t20-/m1/s1. The average Bonchev–Trinajstić information content (AvgIpc) is 2.80. The summed E-state index contributed by atoms with van der Waals surface area (Å²) in [5.74, 6) is -0.812. The van der Waals surface area contributed by atoms with E-state index < -0.39 is 33.7 Å². The van der Waals surface area contributed by atoms with Crippen molar-refractivity contribution in [3.05, 3.63) is 88.4 Å². The zero-order valence-corrected chi connectivity index (χ0v) is 20.3. The van der Waals surface area contributed by atoms with Crippen LogP contribution in [-0.4, -0.2) is 27.5 Å². The van der Waals surface area contributed by atoms with Gasteiger partial charge in [-0.2, -0.15) is 17.9 Å². The number of aryl methyl sites for hydroxylation is 1. The van der Waals surface area contributed by atoms with Gasteiger partial charge in [-0.3, -0.25) is 4.79 Å². The van der Waals surface area contributed by atoms with Gasteiger partial charge in [0.25, 0.3) is 0 Å². The predicted molar refractivity (Wildman–Crippen MR) is 127 cm³/mol. The molecule has 1 atom stereocenters. The molecule has 11 heteroatoms. The molecular weight excluding hydrogens is 505 g/mol. The van der Waals surface area contributed by atoms with Gasteiger partial charge in [-0.25, -0.2) is 8.42 Å². The monoisotopic (exact) mass is 526 g/mol. The molecule has 0 saturated heterocycles. The van der Waals surface area contributed by atoms with E-state index in [0.29, 0.717) is 17.2 Å². The highest BCUT2D eigenvalue weighted by Gasteiger charge is 2.32. The Balaban J connectivity index is 1.96. The summed E-state index contributed by atoms with van der Waals surface area (Å²) >= 11 is 6.00. The number of alkyl halides is 3. The Hall–Kier alpha value is -3.08. The fourth-order valence-corrected chi connectivity index (χ4v) is 4.91. The molecule has 0 radical (unpaired) electrons. The van der Waals surface area contributed by atoms with Crippen LogP contribution >= 0.6 is 11.6 Å². The molecule has 6 nitrogen and oxygen atoms in total. The lowest BCUT2D eigenvalue weighted by Gasteiger charge is -2.20. The van der Waals surface area contributed by atoms with Crippen molar-refractivity contribution in [2.24, 2.45) is 0 Å². The molecule has 3 aromatic rings. The first-order chi connectivity index (χ1) is 16.4. The number of benzene rings is 3. The van der Waals surface area contributed by atoms with Crippen LogP contribution in [-0.2, 0) is 27.4 Å². The highest BCUT2D eigenvalue weighted by atomic mass is 35.5. The molecule has 0 unspecified atom stereocenters. The third-order valence-electron chi connectivity index (χ3n) is 5.06. The summed E-state index contributed by atoms with van der Waals surface area (Å²) in [5.41, 5.74) is -0.0357. The molecule has 35 heavy (non-hydrogen) atoms. The van der Waals surface area contributed by atoms with E-state index in [1.165, 1.54) is 19.2 Å². The SMILES string of the molecule is COc1ccc(C)cc1S(=O)(=O)N[C@H](Cc1ccccc1)C(=O)Nc1cc(C(F)(F)F)ccc1Cl. The molecule has 0 aliphatic carbocycles. The summed E-state index contributed by atoms with van der Waals surface area (Å²) in [6.07, 6.45) is -4.73. The highest BCUT2D eigenvalue weighted by molar-refractivity contribution is 7.89. The van der Waals surface area contributed by atoms with Crippen molar-refractivity contribution < 1.29 is 31.1 Å². The predicted octanol–water partition coefficient (Wildman–Crippen LogP) is 5.20. The van der Waals surface area contributed by atoms with Gasteiger partial charge in [-0.05, 0) is 54.8 Å². The Morgan fingerprint density at radius 2 is 1.74 bits per heavy atom. The maximum absolute atomic E-state index is 13.2. The van der Waals surface area contributed by atoms with Crippen LogP contribution in [0.4, 0.5) is 18.9 Å². The topological polar surface area (TPSA) is 84.5 Å². The minimum absolute atomic E-state index is 0.0721. The molecule has 1 amide bonds. The van der Waals surface area contributed by atoms with Crippen LogP contribution in [0.2, 0.25) is 5.02 Å². The number of hydrogen-bond acceptors (Lipinski definition) is 4. The first-order valence-electron chi connectivity index (χ1n) is 10.3. The molecular formula is C24H22ClF3N2O4S. The molecule has 0 fully saturated rings. The molecule has 3 aromatic carbocycles. The fraction of sp³-hybridized carbons (Fsp3) is 0.208. The van der Waals surface area contributed by atoms with E-state index in [9.17, 15) is 26.4 Å². The molecule has 3 rings (SSSR count). The van der Waals surface area contributed by atoms with Gasteiger partial charge >= 0.3 is 6.18 Å². The molecule has 0 bridgehead atoms. The lowest BCUT2D eigenvalue weighted by atomic mass is 10.1. The van der Waals surface area contributed by atoms with E-state index in [-0.39, 0.29) is 27.8 Å². The number of rotatable bonds is 8. The number of carbonyl (C=O) groups is 1. The average molecular weight is 527 g/mol. The van der Waals surface area contributed by atoms with Crippen LogP contribution in [0.3, 0.4) is 0 Å². The lowest BCUT2D eigenvalue weighted by Crippen LogP contribution is -2.45. The Morgan fingerprint density at radius 3 is 2.37 bits per heavy atom. The first kappa shape index (κ1) is 26.5. The number of sulfonamides is 1. The smallest absolute Gasteiger partial charge is 0.416 e. The van der Waals surface area contributed by atoms with Crippen molar-refractivity contribution in [2.45, 2.75) is 30.5 Å². The normalized spacial score (nSPS) is 12.7. The number of amides is 1. The van der Waals surface area contributed by atoms with Crippen LogP contribution < -0.4 is 14.8 Å². The van der Waals surface area contributed by atoms with Crippen molar-refractivity contribution >= 4 is 33.2 Å². The van der Waals surface area contributed by atoms with Gasteiger partial charge in [-0.1, -0.05) is 48.0 Å². The third-order valence-corrected chi connectivity index (χ3v) is 6.88. The number of hydrogen-bond donors (Lipinski definition) is 2. The zero-order valence-electron chi connectivity index (χ0n) is 18.7. The number of methoxy groups -OCH3 is 1. The Bertz CT molecular complexity index is 1320. The van der Waals surface area contributed by atoms with E-state index >= 15 is 0 Å². The van der Waals surface area contributed by atoms with Crippen LogP contribution in [0, 0.1) is 6.92 Å². The number of ether oxygens (including phenoxy) is 1. The van der Waals surface area contributed by atoms with Crippen molar-refractivity contribution in [1.29, 1.82) is 0 Å². The lowest BCUT2D eigenvalue weighted by molar-refractivity contribution is -0.137. The largest absolute Gasteiger partial charge is 0.495 e. The van der Waals surface area contributed by atoms with Gasteiger partial charge in [-0.15, -0.1) is 0 Å². The second-order valence-corrected chi connectivity index (χ2v) is 9.79. The number of halogens is 4. The molecule has 0 saturated carbocycles. The molecule has 0 heterocycles. The maximum Gasteiger partial charge on any atom is 0.416 e. The van der Waals surface area contributed by atoms with Gasteiger partial charge in [0, 0.05) is 0 Å². The minimum Gasteiger partial charge on any atom is -0.495 e. The summed E-state index contributed by atoms with van der Waals surface area (Å²) in [6.45, 7) is 1.70. The second kappa shape index (κ2) is 10.7. The van der Waals surface area contributed by atoms with E-state index in [4.69, 9.17) is 16.3 Å². The molecule has 0 aliphatic rings. The molecule has 186 valence electrons. The number of anilines is 1. The third kappa shape index (κ3) is 6.74. The van der Waals surface area contributed by atoms with E-state index in [2.05, 4.69) is 10.0 Å². The molecule has 0 spiro atoms. The summed E-state index contributed by atoms with van der Waals surface area (Å²) in [4.78, 5) is 13.0. The fourth-order valence-electron chi connectivity index (χ4n) is 3.30. The van der Waals surface area contributed by atoms with Crippen LogP contribution in [0.15, 0.2) is 71.6 Å². The first-order valence-corrected chi connectivity index (χ1v) is 12.2. The highest BCUT2D eigenvalue weighted by Crippen LogP contribution is 2.34. The van der Waals surface area contributed by atoms with E-state index in [1.54, 1.807) is 43.3 Å². The Morgan fingerprint density at radius 1 is 1.06 bits per heavy atom.